The average molecular weight is 909 g/mol. The zero-order valence-corrected chi connectivity index (χ0v) is 39.0. The molecule has 1 aliphatic rings. The number of hydrogen-bond acceptors (Lipinski definition) is 2. The maximum Gasteiger partial charge on any atom is 0.0713 e. The Morgan fingerprint density at radius 3 is 1.37 bits per heavy atom. The number of aromatic nitrogens is 1. The standard InChI is InChI=1S/C67H44N2S/c1-2-15-48(16-3-1)67(61-24-9-4-17-55(61)56-18-5-10-25-62(56)67)49-35-43-52(44-36-49)68(51-41-33-47(34-42-51)54-22-14-23-60-59-21-8-13-28-65(59)70-66(54)60)50-37-29-45(30-38-50)46-31-39-53(40-32-46)69-63-26-11-6-19-57(63)58-20-7-12-27-64(58)69/h1-44H. The number of rotatable bonds is 8. The Balaban J connectivity index is 0.868. The van der Waals surface area contributed by atoms with E-state index in [4.69, 9.17) is 0 Å². The van der Waals surface area contributed by atoms with Crippen LogP contribution in [0.4, 0.5) is 17.1 Å². The Kier molecular flexibility index (Phi) is 9.33. The van der Waals surface area contributed by atoms with Gasteiger partial charge >= 0.3 is 0 Å². The molecule has 0 atom stereocenters. The van der Waals surface area contributed by atoms with E-state index in [0.29, 0.717) is 0 Å². The van der Waals surface area contributed by atoms with Crippen molar-refractivity contribution in [2.24, 2.45) is 0 Å². The highest BCUT2D eigenvalue weighted by atomic mass is 32.1. The van der Waals surface area contributed by atoms with Crippen molar-refractivity contribution in [2.75, 3.05) is 4.90 Å². The van der Waals surface area contributed by atoms with Crippen molar-refractivity contribution in [3.8, 4) is 39.1 Å². The van der Waals surface area contributed by atoms with Crippen molar-refractivity contribution in [3.63, 3.8) is 0 Å². The number of anilines is 3. The van der Waals surface area contributed by atoms with Crippen LogP contribution in [0.25, 0.3) is 81.0 Å². The molecule has 0 radical (unpaired) electrons. The number of fused-ring (bicyclic) bond motifs is 9. The first-order chi connectivity index (χ1) is 34.7. The van der Waals surface area contributed by atoms with Gasteiger partial charge in [0.05, 0.1) is 16.4 Å². The fraction of sp³-hybridized carbons (Fsp3) is 0.0149. The van der Waals surface area contributed by atoms with Gasteiger partial charge in [0, 0.05) is 53.7 Å². The van der Waals surface area contributed by atoms with E-state index in [1.807, 2.05) is 11.3 Å². The van der Waals surface area contributed by atoms with Crippen molar-refractivity contribution in [3.05, 3.63) is 289 Å². The normalized spacial score (nSPS) is 12.7. The molecule has 11 aromatic carbocycles. The van der Waals surface area contributed by atoms with Crippen molar-refractivity contribution in [2.45, 2.75) is 5.41 Å². The highest BCUT2D eigenvalue weighted by molar-refractivity contribution is 7.26. The van der Waals surface area contributed by atoms with Crippen molar-refractivity contribution < 1.29 is 0 Å². The van der Waals surface area contributed by atoms with E-state index in [1.165, 1.54) is 97.6 Å². The molecule has 14 rings (SSSR count). The van der Waals surface area contributed by atoms with Crippen LogP contribution >= 0.6 is 11.3 Å². The molecule has 0 saturated heterocycles. The molecule has 3 heteroatoms. The van der Waals surface area contributed by atoms with Crippen LogP contribution in [0, 0.1) is 0 Å². The number of benzene rings is 11. The number of para-hydroxylation sites is 2. The summed E-state index contributed by atoms with van der Waals surface area (Å²) in [6, 6.07) is 98.4. The molecule has 2 nitrogen and oxygen atoms in total. The summed E-state index contributed by atoms with van der Waals surface area (Å²) in [6.45, 7) is 0. The van der Waals surface area contributed by atoms with E-state index >= 15 is 0 Å². The summed E-state index contributed by atoms with van der Waals surface area (Å²) in [7, 11) is 0. The van der Waals surface area contributed by atoms with Gasteiger partial charge in [-0.1, -0.05) is 200 Å². The summed E-state index contributed by atoms with van der Waals surface area (Å²) in [4.78, 5) is 2.40. The summed E-state index contributed by atoms with van der Waals surface area (Å²) in [5, 5.41) is 5.16. The predicted octanol–water partition coefficient (Wildman–Crippen LogP) is 18.3. The number of hydrogen-bond donors (Lipinski definition) is 0. The lowest BCUT2D eigenvalue weighted by molar-refractivity contribution is 0.768. The minimum atomic E-state index is -0.466. The van der Waals surface area contributed by atoms with Gasteiger partial charge in [-0.15, -0.1) is 11.3 Å². The van der Waals surface area contributed by atoms with Crippen molar-refractivity contribution in [1.29, 1.82) is 0 Å². The number of thiophene rings is 1. The van der Waals surface area contributed by atoms with Gasteiger partial charge in [0.2, 0.25) is 0 Å². The third kappa shape index (κ3) is 6.19. The topological polar surface area (TPSA) is 8.17 Å². The molecule has 0 N–H and O–H groups in total. The summed E-state index contributed by atoms with van der Waals surface area (Å²) >= 11 is 1.88. The van der Waals surface area contributed by atoms with Gasteiger partial charge in [-0.2, -0.15) is 0 Å². The summed E-state index contributed by atoms with van der Waals surface area (Å²) in [5.74, 6) is 0. The SMILES string of the molecule is c1ccc(C2(c3ccc(N(c4ccc(-c5ccc(-n6c7ccccc7c7ccccc76)cc5)cc4)c4ccc(-c5cccc6c5sc5ccccc56)cc4)cc3)c3ccccc3-c3ccccc32)cc1. The van der Waals surface area contributed by atoms with Crippen LogP contribution in [0.1, 0.15) is 22.3 Å². The van der Waals surface area contributed by atoms with Gasteiger partial charge in [-0.3, -0.25) is 0 Å². The maximum atomic E-state index is 2.40. The summed E-state index contributed by atoms with van der Waals surface area (Å²) in [5.41, 5.74) is 18.9. The zero-order chi connectivity index (χ0) is 46.2. The van der Waals surface area contributed by atoms with E-state index in [1.54, 1.807) is 0 Å². The molecule has 328 valence electrons. The molecular formula is C67H44N2S. The van der Waals surface area contributed by atoms with Gasteiger partial charge in [0.15, 0.2) is 0 Å². The third-order valence-corrected chi connectivity index (χ3v) is 15.9. The fourth-order valence-electron chi connectivity index (χ4n) is 11.6. The Hall–Kier alpha value is -8.76. The minimum Gasteiger partial charge on any atom is -0.311 e. The molecule has 0 aliphatic heterocycles. The smallest absolute Gasteiger partial charge is 0.0713 e. The van der Waals surface area contributed by atoms with Crippen LogP contribution in [0.15, 0.2) is 267 Å². The Morgan fingerprint density at radius 2 is 0.757 bits per heavy atom. The lowest BCUT2D eigenvalue weighted by atomic mass is 9.68. The van der Waals surface area contributed by atoms with E-state index in [2.05, 4.69) is 276 Å². The summed E-state index contributed by atoms with van der Waals surface area (Å²) in [6.07, 6.45) is 0. The van der Waals surface area contributed by atoms with Crippen LogP contribution in [0.3, 0.4) is 0 Å². The third-order valence-electron chi connectivity index (χ3n) is 14.7. The Morgan fingerprint density at radius 1 is 0.314 bits per heavy atom. The molecule has 0 spiro atoms. The molecule has 2 aromatic heterocycles. The molecule has 0 amide bonds. The monoisotopic (exact) mass is 908 g/mol. The highest BCUT2D eigenvalue weighted by Crippen LogP contribution is 2.56. The molecule has 13 aromatic rings. The Bertz CT molecular complexity index is 3990. The quantitative estimate of drug-likeness (QED) is 0.147. The molecule has 0 fully saturated rings. The van der Waals surface area contributed by atoms with Gasteiger partial charge in [-0.25, -0.2) is 0 Å². The number of nitrogens with zero attached hydrogens (tertiary/aromatic N) is 2. The first-order valence-electron chi connectivity index (χ1n) is 24.1. The Labute approximate surface area is 411 Å². The van der Waals surface area contributed by atoms with Gasteiger partial charge in [0.1, 0.15) is 0 Å². The predicted molar refractivity (Wildman–Crippen MR) is 297 cm³/mol. The molecule has 0 bridgehead atoms. The lowest BCUT2D eigenvalue weighted by Crippen LogP contribution is -2.28. The van der Waals surface area contributed by atoms with E-state index < -0.39 is 5.41 Å². The van der Waals surface area contributed by atoms with Gasteiger partial charge < -0.3 is 9.47 Å². The molecule has 1 aliphatic carbocycles. The van der Waals surface area contributed by atoms with Crippen LogP contribution in [0.2, 0.25) is 0 Å². The van der Waals surface area contributed by atoms with E-state index in [9.17, 15) is 0 Å². The second-order valence-electron chi connectivity index (χ2n) is 18.4. The van der Waals surface area contributed by atoms with Crippen LogP contribution in [0.5, 0.6) is 0 Å². The second-order valence-corrected chi connectivity index (χ2v) is 19.4. The lowest BCUT2D eigenvalue weighted by Gasteiger charge is -2.34. The molecule has 0 unspecified atom stereocenters. The van der Waals surface area contributed by atoms with Crippen LogP contribution in [-0.4, -0.2) is 4.57 Å². The average Bonchev–Trinajstić information content (AvgIpc) is 4.09. The summed E-state index contributed by atoms with van der Waals surface area (Å²) < 4.78 is 5.02. The first-order valence-corrected chi connectivity index (χ1v) is 24.9. The van der Waals surface area contributed by atoms with Gasteiger partial charge in [0.25, 0.3) is 0 Å². The van der Waals surface area contributed by atoms with E-state index in [0.717, 1.165) is 22.7 Å². The van der Waals surface area contributed by atoms with Crippen molar-refractivity contribution in [1.82, 2.24) is 4.57 Å². The maximum absolute atomic E-state index is 2.40. The largest absolute Gasteiger partial charge is 0.311 e. The van der Waals surface area contributed by atoms with Crippen molar-refractivity contribution >= 4 is 70.4 Å². The molecule has 0 saturated carbocycles. The molecule has 2 heterocycles. The highest BCUT2D eigenvalue weighted by Gasteiger charge is 2.45. The van der Waals surface area contributed by atoms with Crippen LogP contribution in [-0.2, 0) is 5.41 Å². The molecule has 70 heavy (non-hydrogen) atoms. The fourth-order valence-corrected chi connectivity index (χ4v) is 12.8. The first kappa shape index (κ1) is 40.3. The van der Waals surface area contributed by atoms with Gasteiger partial charge in [-0.05, 0) is 122 Å². The van der Waals surface area contributed by atoms with Crippen LogP contribution < -0.4 is 4.90 Å². The molecular weight excluding hydrogens is 865 g/mol. The van der Waals surface area contributed by atoms with E-state index in [-0.39, 0.29) is 0 Å². The minimum absolute atomic E-state index is 0.466. The zero-order valence-electron chi connectivity index (χ0n) is 38.2. The second kappa shape index (κ2) is 16.2.